The van der Waals surface area contributed by atoms with Gasteiger partial charge in [0.1, 0.15) is 11.8 Å². The first-order chi connectivity index (χ1) is 12.4. The highest BCUT2D eigenvalue weighted by Gasteiger charge is 2.62. The molecule has 4 aliphatic rings. The Kier molecular flexibility index (Phi) is 3.55. The maximum Gasteiger partial charge on any atom is 0.157 e. The van der Waals surface area contributed by atoms with E-state index in [2.05, 4.69) is 18.9 Å². The molecule has 4 heteroatoms. The average Bonchev–Trinajstić information content (AvgIpc) is 3.24. The summed E-state index contributed by atoms with van der Waals surface area (Å²) in [7, 11) is 0. The van der Waals surface area contributed by atoms with E-state index in [4.69, 9.17) is 0 Å². The Bertz CT molecular complexity index is 741. The molecule has 0 bridgehead atoms. The van der Waals surface area contributed by atoms with Crippen LogP contribution in [0.4, 0.5) is 0 Å². The molecule has 7 atom stereocenters. The molecule has 0 spiro atoms. The van der Waals surface area contributed by atoms with Crippen molar-refractivity contribution in [1.29, 1.82) is 0 Å². The Morgan fingerprint density at radius 3 is 2.62 bits per heavy atom. The molecule has 0 saturated heterocycles. The highest BCUT2D eigenvalue weighted by molar-refractivity contribution is 5.87. The highest BCUT2D eigenvalue weighted by Crippen LogP contribution is 2.66. The third-order valence-electron chi connectivity index (χ3n) is 9.08. The van der Waals surface area contributed by atoms with Gasteiger partial charge in [-0.1, -0.05) is 13.8 Å². The van der Waals surface area contributed by atoms with Crippen molar-refractivity contribution >= 4 is 11.6 Å². The van der Waals surface area contributed by atoms with E-state index in [9.17, 15) is 9.59 Å². The molecule has 140 valence electrons. The standard InChI is InChI=1S/C22H30N2O2/c1-21-11-9-18(25)20(24-13-3-12-23-24)17(21)5-4-14-15-6-7-19(26)22(15,2)10-8-16(14)21/h3,12-17,20H,4-11H2,1-2H3/t14-,15-,16-,17-,20-,21+,22-/m0/s1. The van der Waals surface area contributed by atoms with Crippen LogP contribution >= 0.6 is 0 Å². The number of carbonyl (C=O) groups is 2. The largest absolute Gasteiger partial charge is 0.299 e. The molecule has 4 saturated carbocycles. The SMILES string of the molecule is C[C@]12CCC(=O)[C@@H](n3cccn3)[C@@H]1CC[C@@H]1[C@@H]2CC[C@]2(C)C(=O)CC[C@@H]12. The number of rotatable bonds is 1. The quantitative estimate of drug-likeness (QED) is 0.759. The lowest BCUT2D eigenvalue weighted by Crippen LogP contribution is -2.56. The molecule has 0 unspecified atom stereocenters. The molecule has 0 amide bonds. The van der Waals surface area contributed by atoms with Crippen molar-refractivity contribution in [3.8, 4) is 0 Å². The molecule has 1 aromatic heterocycles. The van der Waals surface area contributed by atoms with E-state index in [1.54, 1.807) is 6.20 Å². The fourth-order valence-corrected chi connectivity index (χ4v) is 7.69. The van der Waals surface area contributed by atoms with Crippen LogP contribution in [-0.2, 0) is 9.59 Å². The molecule has 0 N–H and O–H groups in total. The predicted octanol–water partition coefficient (Wildman–Crippen LogP) is 4.22. The van der Waals surface area contributed by atoms with Crippen molar-refractivity contribution in [3.05, 3.63) is 18.5 Å². The zero-order valence-electron chi connectivity index (χ0n) is 16.0. The molecule has 5 rings (SSSR count). The van der Waals surface area contributed by atoms with Gasteiger partial charge in [0.15, 0.2) is 5.78 Å². The lowest BCUT2D eigenvalue weighted by atomic mass is 9.44. The summed E-state index contributed by atoms with van der Waals surface area (Å²) in [6.45, 7) is 4.70. The summed E-state index contributed by atoms with van der Waals surface area (Å²) in [6, 6.07) is 1.85. The maximum absolute atomic E-state index is 12.8. The first-order valence-electron chi connectivity index (χ1n) is 10.5. The van der Waals surface area contributed by atoms with Gasteiger partial charge in [0.2, 0.25) is 0 Å². The van der Waals surface area contributed by atoms with Gasteiger partial charge in [-0.2, -0.15) is 5.10 Å². The Morgan fingerprint density at radius 1 is 1.00 bits per heavy atom. The first kappa shape index (κ1) is 16.7. The fourth-order valence-electron chi connectivity index (χ4n) is 7.69. The second-order valence-corrected chi connectivity index (χ2v) is 9.88. The van der Waals surface area contributed by atoms with Gasteiger partial charge in [0.05, 0.1) is 0 Å². The highest BCUT2D eigenvalue weighted by atomic mass is 16.1. The minimum Gasteiger partial charge on any atom is -0.299 e. The van der Waals surface area contributed by atoms with Crippen LogP contribution in [0.5, 0.6) is 0 Å². The molecular weight excluding hydrogens is 324 g/mol. The van der Waals surface area contributed by atoms with Crippen molar-refractivity contribution in [2.45, 2.75) is 71.3 Å². The van der Waals surface area contributed by atoms with Gasteiger partial charge in [-0.25, -0.2) is 0 Å². The molecule has 0 aliphatic heterocycles. The Balaban J connectivity index is 1.50. The van der Waals surface area contributed by atoms with Crippen LogP contribution in [0.25, 0.3) is 0 Å². The summed E-state index contributed by atoms with van der Waals surface area (Å²) in [5.41, 5.74) is 0.149. The Hall–Kier alpha value is -1.45. The van der Waals surface area contributed by atoms with E-state index < -0.39 is 0 Å². The van der Waals surface area contributed by atoms with E-state index in [1.165, 1.54) is 6.42 Å². The molecule has 0 radical (unpaired) electrons. The maximum atomic E-state index is 12.8. The zero-order chi connectivity index (χ0) is 18.1. The second-order valence-electron chi connectivity index (χ2n) is 9.88. The minimum absolute atomic E-state index is 0.0593. The molecule has 4 nitrogen and oxygen atoms in total. The molecular formula is C22H30N2O2. The molecule has 1 heterocycles. The number of Topliss-reactive ketones (excluding diaryl/α,β-unsaturated/α-hetero) is 2. The van der Waals surface area contributed by atoms with Crippen LogP contribution in [-0.4, -0.2) is 21.3 Å². The van der Waals surface area contributed by atoms with Gasteiger partial charge >= 0.3 is 0 Å². The topological polar surface area (TPSA) is 52.0 Å². The van der Waals surface area contributed by atoms with Crippen LogP contribution < -0.4 is 0 Å². The number of fused-ring (bicyclic) bond motifs is 5. The van der Waals surface area contributed by atoms with E-state index in [0.29, 0.717) is 41.7 Å². The molecule has 26 heavy (non-hydrogen) atoms. The minimum atomic E-state index is -0.0804. The van der Waals surface area contributed by atoms with E-state index >= 15 is 0 Å². The molecule has 1 aromatic rings. The number of hydrogen-bond acceptors (Lipinski definition) is 3. The normalized spacial score (nSPS) is 48.0. The predicted molar refractivity (Wildman–Crippen MR) is 98.4 cm³/mol. The first-order valence-corrected chi connectivity index (χ1v) is 10.5. The van der Waals surface area contributed by atoms with Crippen LogP contribution in [0, 0.1) is 34.5 Å². The number of hydrogen-bond donors (Lipinski definition) is 0. The Labute approximate surface area is 155 Å². The lowest BCUT2D eigenvalue weighted by molar-refractivity contribution is -0.152. The van der Waals surface area contributed by atoms with Crippen molar-refractivity contribution in [2.75, 3.05) is 0 Å². The molecule has 4 aliphatic carbocycles. The van der Waals surface area contributed by atoms with Gasteiger partial charge in [-0.05, 0) is 73.7 Å². The third kappa shape index (κ3) is 2.05. The molecule has 0 aromatic carbocycles. The number of nitrogens with zero attached hydrogens (tertiary/aromatic N) is 2. The third-order valence-corrected chi connectivity index (χ3v) is 9.08. The van der Waals surface area contributed by atoms with Gasteiger partial charge < -0.3 is 0 Å². The van der Waals surface area contributed by atoms with Gasteiger partial charge in [0, 0.05) is 30.7 Å². The average molecular weight is 354 g/mol. The van der Waals surface area contributed by atoms with Crippen LogP contribution in [0.1, 0.15) is 71.3 Å². The summed E-state index contributed by atoms with van der Waals surface area (Å²) in [5, 5.41) is 4.44. The monoisotopic (exact) mass is 354 g/mol. The second kappa shape index (κ2) is 5.53. The van der Waals surface area contributed by atoms with Crippen molar-refractivity contribution in [2.24, 2.45) is 34.5 Å². The van der Waals surface area contributed by atoms with Gasteiger partial charge in [0.25, 0.3) is 0 Å². The molecule has 4 fully saturated rings. The summed E-state index contributed by atoms with van der Waals surface area (Å²) < 4.78 is 1.93. The summed E-state index contributed by atoms with van der Waals surface area (Å²) in [6.07, 6.45) is 11.9. The summed E-state index contributed by atoms with van der Waals surface area (Å²) >= 11 is 0. The van der Waals surface area contributed by atoms with Gasteiger partial charge in [-0.15, -0.1) is 0 Å². The zero-order valence-corrected chi connectivity index (χ0v) is 16.0. The fraction of sp³-hybridized carbons (Fsp3) is 0.773. The van der Waals surface area contributed by atoms with Crippen LogP contribution in [0.2, 0.25) is 0 Å². The van der Waals surface area contributed by atoms with Crippen molar-refractivity contribution < 1.29 is 9.59 Å². The van der Waals surface area contributed by atoms with Crippen molar-refractivity contribution in [1.82, 2.24) is 9.78 Å². The Morgan fingerprint density at radius 2 is 1.85 bits per heavy atom. The summed E-state index contributed by atoms with van der Waals surface area (Å²) in [5.74, 6) is 3.19. The summed E-state index contributed by atoms with van der Waals surface area (Å²) in [4.78, 5) is 25.4. The smallest absolute Gasteiger partial charge is 0.157 e. The van der Waals surface area contributed by atoms with Crippen molar-refractivity contribution in [3.63, 3.8) is 0 Å². The van der Waals surface area contributed by atoms with E-state index in [0.717, 1.165) is 38.5 Å². The van der Waals surface area contributed by atoms with Crippen LogP contribution in [0.3, 0.4) is 0 Å². The van der Waals surface area contributed by atoms with E-state index in [1.807, 2.05) is 16.9 Å². The number of aromatic nitrogens is 2. The van der Waals surface area contributed by atoms with E-state index in [-0.39, 0.29) is 16.9 Å². The number of ketones is 2. The lowest BCUT2D eigenvalue weighted by Gasteiger charge is -2.60. The number of carbonyl (C=O) groups excluding carboxylic acids is 2. The van der Waals surface area contributed by atoms with Crippen LogP contribution in [0.15, 0.2) is 18.5 Å². The van der Waals surface area contributed by atoms with Gasteiger partial charge in [-0.3, -0.25) is 14.3 Å².